The van der Waals surface area contributed by atoms with Crippen molar-refractivity contribution >= 4 is 0 Å². The highest BCUT2D eigenvalue weighted by Crippen LogP contribution is 2.47. The molecule has 2 atom stereocenters. The first-order valence-electron chi connectivity index (χ1n) is 9.32. The molecule has 2 unspecified atom stereocenters. The van der Waals surface area contributed by atoms with E-state index < -0.39 is 11.8 Å². The molecule has 124 valence electrons. The van der Waals surface area contributed by atoms with Crippen LogP contribution in [0.4, 0.5) is 8.78 Å². The van der Waals surface area contributed by atoms with Gasteiger partial charge in [0.05, 0.1) is 0 Å². The summed E-state index contributed by atoms with van der Waals surface area (Å²) in [7, 11) is 0. The third-order valence-electron chi connectivity index (χ3n) is 6.70. The second-order valence-electron chi connectivity index (χ2n) is 7.77. The van der Waals surface area contributed by atoms with Gasteiger partial charge < -0.3 is 0 Å². The Bertz CT molecular complexity index is 411. The summed E-state index contributed by atoms with van der Waals surface area (Å²) in [5.74, 6) is 2.42. The summed E-state index contributed by atoms with van der Waals surface area (Å²) < 4.78 is 29.0. The third kappa shape index (κ3) is 3.16. The van der Waals surface area contributed by atoms with Gasteiger partial charge in [-0.1, -0.05) is 38.3 Å². The lowest BCUT2D eigenvalue weighted by molar-refractivity contribution is 0.0222. The molecule has 0 radical (unpaired) electrons. The Morgan fingerprint density at radius 2 is 1.50 bits per heavy atom. The van der Waals surface area contributed by atoms with Crippen molar-refractivity contribution in [1.29, 1.82) is 0 Å². The van der Waals surface area contributed by atoms with Crippen LogP contribution in [0.3, 0.4) is 0 Å². The average molecular weight is 308 g/mol. The van der Waals surface area contributed by atoms with Crippen molar-refractivity contribution in [3.05, 3.63) is 24.3 Å². The SMILES string of the molecule is CC[C@H]1CC[C@H](C2CCC(C3(F)C=CC=CC3F)CC2)CC1. The smallest absolute Gasteiger partial charge is 0.166 e. The summed E-state index contributed by atoms with van der Waals surface area (Å²) in [6.45, 7) is 2.30. The number of hydrogen-bond acceptors (Lipinski definition) is 0. The number of alkyl halides is 2. The highest BCUT2D eigenvalue weighted by atomic mass is 19.2. The molecule has 2 fully saturated rings. The van der Waals surface area contributed by atoms with Gasteiger partial charge in [-0.2, -0.15) is 0 Å². The van der Waals surface area contributed by atoms with Gasteiger partial charge >= 0.3 is 0 Å². The van der Waals surface area contributed by atoms with Gasteiger partial charge in [-0.3, -0.25) is 0 Å². The lowest BCUT2D eigenvalue weighted by atomic mass is 9.65. The molecule has 2 saturated carbocycles. The zero-order valence-electron chi connectivity index (χ0n) is 13.8. The second kappa shape index (κ2) is 6.84. The summed E-state index contributed by atoms with van der Waals surface area (Å²) in [5, 5.41) is 0. The number of halogens is 2. The van der Waals surface area contributed by atoms with Gasteiger partial charge in [-0.15, -0.1) is 0 Å². The molecule has 0 aliphatic heterocycles. The molecular formula is C20H30F2. The predicted molar refractivity (Wildman–Crippen MR) is 88.2 cm³/mol. The van der Waals surface area contributed by atoms with Gasteiger partial charge in [0, 0.05) is 0 Å². The maximum atomic E-state index is 15.0. The fourth-order valence-corrected chi connectivity index (χ4v) is 5.07. The average Bonchev–Trinajstić information content (AvgIpc) is 2.58. The normalized spacial score (nSPS) is 45.9. The van der Waals surface area contributed by atoms with Crippen molar-refractivity contribution in [3.8, 4) is 0 Å². The molecule has 0 bridgehead atoms. The molecule has 0 N–H and O–H groups in total. The van der Waals surface area contributed by atoms with Gasteiger partial charge in [0.25, 0.3) is 0 Å². The molecule has 0 nitrogen and oxygen atoms in total. The Kier molecular flexibility index (Phi) is 5.04. The lowest BCUT2D eigenvalue weighted by Gasteiger charge is -2.42. The Hall–Kier alpha value is -0.660. The molecule has 0 amide bonds. The van der Waals surface area contributed by atoms with E-state index in [2.05, 4.69) is 6.92 Å². The van der Waals surface area contributed by atoms with E-state index in [1.54, 1.807) is 12.2 Å². The monoisotopic (exact) mass is 308 g/mol. The van der Waals surface area contributed by atoms with Crippen LogP contribution in [0.25, 0.3) is 0 Å². The van der Waals surface area contributed by atoms with Crippen LogP contribution in [0, 0.1) is 23.7 Å². The second-order valence-corrected chi connectivity index (χ2v) is 7.77. The van der Waals surface area contributed by atoms with Gasteiger partial charge in [0.2, 0.25) is 0 Å². The van der Waals surface area contributed by atoms with E-state index >= 15 is 4.39 Å². The zero-order valence-corrected chi connectivity index (χ0v) is 13.8. The van der Waals surface area contributed by atoms with Gasteiger partial charge in [0.1, 0.15) is 0 Å². The van der Waals surface area contributed by atoms with Gasteiger partial charge in [-0.25, -0.2) is 8.78 Å². The van der Waals surface area contributed by atoms with E-state index in [-0.39, 0.29) is 5.92 Å². The van der Waals surface area contributed by atoms with Crippen molar-refractivity contribution in [2.45, 2.75) is 76.6 Å². The molecule has 0 heterocycles. The lowest BCUT2D eigenvalue weighted by Crippen LogP contribution is -2.43. The molecule has 3 aliphatic rings. The van der Waals surface area contributed by atoms with Crippen LogP contribution in [0.5, 0.6) is 0 Å². The van der Waals surface area contributed by atoms with E-state index in [0.717, 1.165) is 43.4 Å². The Balaban J connectivity index is 1.53. The molecule has 3 aliphatic carbocycles. The van der Waals surface area contributed by atoms with Crippen LogP contribution in [0.1, 0.15) is 64.7 Å². The number of hydrogen-bond donors (Lipinski definition) is 0. The minimum Gasteiger partial charge on any atom is -0.239 e. The largest absolute Gasteiger partial charge is 0.239 e. The van der Waals surface area contributed by atoms with E-state index in [0.29, 0.717) is 0 Å². The molecule has 0 aromatic heterocycles. The van der Waals surface area contributed by atoms with Crippen LogP contribution < -0.4 is 0 Å². The maximum Gasteiger partial charge on any atom is 0.166 e. The van der Waals surface area contributed by atoms with Crippen molar-refractivity contribution < 1.29 is 8.78 Å². The van der Waals surface area contributed by atoms with Crippen molar-refractivity contribution in [2.75, 3.05) is 0 Å². The van der Waals surface area contributed by atoms with Crippen LogP contribution in [0.2, 0.25) is 0 Å². The topological polar surface area (TPSA) is 0 Å². The third-order valence-corrected chi connectivity index (χ3v) is 6.70. The molecule has 0 spiro atoms. The van der Waals surface area contributed by atoms with Gasteiger partial charge in [0.15, 0.2) is 11.8 Å². The summed E-state index contributed by atoms with van der Waals surface area (Å²) in [4.78, 5) is 0. The Morgan fingerprint density at radius 1 is 0.909 bits per heavy atom. The summed E-state index contributed by atoms with van der Waals surface area (Å²) in [6.07, 6.45) is 15.4. The summed E-state index contributed by atoms with van der Waals surface area (Å²) in [5.41, 5.74) is -1.75. The molecular weight excluding hydrogens is 278 g/mol. The fourth-order valence-electron chi connectivity index (χ4n) is 5.07. The molecule has 0 aromatic carbocycles. The van der Waals surface area contributed by atoms with E-state index in [9.17, 15) is 4.39 Å². The van der Waals surface area contributed by atoms with Crippen molar-refractivity contribution in [2.24, 2.45) is 23.7 Å². The van der Waals surface area contributed by atoms with Crippen molar-refractivity contribution in [1.82, 2.24) is 0 Å². The number of allylic oxidation sites excluding steroid dienone is 4. The van der Waals surface area contributed by atoms with Crippen LogP contribution >= 0.6 is 0 Å². The minimum absolute atomic E-state index is 0.132. The van der Waals surface area contributed by atoms with Crippen LogP contribution in [-0.4, -0.2) is 11.8 Å². The molecule has 22 heavy (non-hydrogen) atoms. The Morgan fingerprint density at radius 3 is 2.05 bits per heavy atom. The summed E-state index contributed by atoms with van der Waals surface area (Å²) in [6, 6.07) is 0. The molecule has 0 aromatic rings. The maximum absolute atomic E-state index is 15.0. The number of rotatable bonds is 3. The minimum atomic E-state index is -1.75. The van der Waals surface area contributed by atoms with E-state index in [4.69, 9.17) is 0 Å². The van der Waals surface area contributed by atoms with Crippen LogP contribution in [0.15, 0.2) is 24.3 Å². The zero-order chi connectivity index (χ0) is 15.6. The molecule has 2 heteroatoms. The van der Waals surface area contributed by atoms with Gasteiger partial charge in [-0.05, 0) is 74.3 Å². The quantitative estimate of drug-likeness (QED) is 0.584. The first-order valence-corrected chi connectivity index (χ1v) is 9.32. The van der Waals surface area contributed by atoms with E-state index in [1.807, 2.05) is 0 Å². The van der Waals surface area contributed by atoms with E-state index in [1.165, 1.54) is 44.3 Å². The first-order chi connectivity index (χ1) is 10.6. The standard InChI is InChI=1S/C20H30F2/c1-2-15-6-8-16(9-7-15)17-10-12-18(13-11-17)20(22)14-4-3-5-19(20)21/h3-5,14-19H,2,6-13H2,1H3/t15-,16-,17?,18?,19?,20?. The molecule has 0 saturated heterocycles. The first kappa shape index (κ1) is 16.2. The fraction of sp³-hybridized carbons (Fsp3) is 0.800. The highest BCUT2D eigenvalue weighted by molar-refractivity contribution is 5.24. The van der Waals surface area contributed by atoms with Crippen LogP contribution in [-0.2, 0) is 0 Å². The Labute approximate surface area is 134 Å². The molecule has 3 rings (SSSR count). The van der Waals surface area contributed by atoms with Crippen molar-refractivity contribution in [3.63, 3.8) is 0 Å². The highest BCUT2D eigenvalue weighted by Gasteiger charge is 2.46. The summed E-state index contributed by atoms with van der Waals surface area (Å²) >= 11 is 0. The predicted octanol–water partition coefficient (Wildman–Crippen LogP) is 6.18.